The molecule has 0 saturated heterocycles. The van der Waals surface area contributed by atoms with Crippen molar-refractivity contribution in [3.8, 4) is 90.6 Å². The van der Waals surface area contributed by atoms with Crippen LogP contribution in [-0.4, -0.2) is 29.9 Å². The van der Waals surface area contributed by atoms with Gasteiger partial charge in [0.1, 0.15) is 0 Å². The second-order valence-electron chi connectivity index (χ2n) is 17.1. The minimum absolute atomic E-state index is 0.638. The van der Waals surface area contributed by atoms with E-state index in [2.05, 4.69) is 222 Å². The Morgan fingerprint density at radius 3 is 0.652 bits per heavy atom. The Balaban J connectivity index is 0.923. The van der Waals surface area contributed by atoms with Crippen LogP contribution in [0.15, 0.2) is 194 Å². The topological polar surface area (TPSA) is 77.3 Å². The van der Waals surface area contributed by atoms with Gasteiger partial charge >= 0.3 is 0 Å². The van der Waals surface area contributed by atoms with E-state index in [-0.39, 0.29) is 0 Å². The van der Waals surface area contributed by atoms with Crippen molar-refractivity contribution in [2.75, 3.05) is 0 Å². The summed E-state index contributed by atoms with van der Waals surface area (Å²) in [7, 11) is 0. The van der Waals surface area contributed by atoms with Crippen LogP contribution in [0, 0.1) is 27.7 Å². The summed E-state index contributed by atoms with van der Waals surface area (Å²) >= 11 is 0. The Hall–Kier alpha value is -8.48. The quantitative estimate of drug-likeness (QED) is 0.142. The van der Waals surface area contributed by atoms with Crippen LogP contribution in [-0.2, 0) is 0 Å². The van der Waals surface area contributed by atoms with E-state index in [0.29, 0.717) is 34.9 Å². The van der Waals surface area contributed by atoms with Crippen molar-refractivity contribution in [3.05, 3.63) is 216 Å². The SMILES string of the molecule is Cc1ccc(-c2nc(-c3ccc(C)cc3)nc(-c3ccc(-c4cccc5c4ccc4c(-c6ccc(-c7nc(-c8ccc(C)cc8)nc(-c8ccc(C)cc8)n7)cc6)cccc45)cc3)n2)cc1. The van der Waals surface area contributed by atoms with E-state index < -0.39 is 0 Å². The first-order chi connectivity index (χ1) is 32.3. The lowest BCUT2D eigenvalue weighted by Gasteiger charge is -2.13. The molecule has 9 aromatic carbocycles. The van der Waals surface area contributed by atoms with Gasteiger partial charge in [-0.15, -0.1) is 0 Å². The molecule has 11 aromatic rings. The highest BCUT2D eigenvalue weighted by atomic mass is 15.0. The number of aromatic nitrogens is 6. The Morgan fingerprint density at radius 1 is 0.197 bits per heavy atom. The van der Waals surface area contributed by atoms with Crippen LogP contribution in [0.5, 0.6) is 0 Å². The zero-order chi connectivity index (χ0) is 44.7. The van der Waals surface area contributed by atoms with Gasteiger partial charge in [0.05, 0.1) is 0 Å². The highest BCUT2D eigenvalue weighted by molar-refractivity contribution is 6.15. The predicted octanol–water partition coefficient (Wildman–Crippen LogP) is 14.9. The van der Waals surface area contributed by atoms with E-state index >= 15 is 0 Å². The van der Waals surface area contributed by atoms with Gasteiger partial charge in [0.2, 0.25) is 0 Å². The monoisotopic (exact) mass is 848 g/mol. The molecule has 0 atom stereocenters. The first-order valence-corrected chi connectivity index (χ1v) is 22.3. The minimum atomic E-state index is 0.638. The Bertz CT molecular complexity index is 3200. The smallest absolute Gasteiger partial charge is 0.164 e. The van der Waals surface area contributed by atoms with Crippen LogP contribution >= 0.6 is 0 Å². The van der Waals surface area contributed by atoms with Crippen LogP contribution in [0.2, 0.25) is 0 Å². The van der Waals surface area contributed by atoms with E-state index in [1.165, 1.54) is 54.9 Å². The van der Waals surface area contributed by atoms with E-state index in [9.17, 15) is 0 Å². The maximum Gasteiger partial charge on any atom is 0.164 e. The molecule has 0 aliphatic rings. The number of hydrogen-bond donors (Lipinski definition) is 0. The Morgan fingerprint density at radius 2 is 0.409 bits per heavy atom. The zero-order valence-corrected chi connectivity index (χ0v) is 37.2. The van der Waals surface area contributed by atoms with Crippen LogP contribution in [0.3, 0.4) is 0 Å². The molecule has 0 aliphatic heterocycles. The molecule has 0 fully saturated rings. The summed E-state index contributed by atoms with van der Waals surface area (Å²) in [4.78, 5) is 29.8. The molecule has 0 bridgehead atoms. The highest BCUT2D eigenvalue weighted by Crippen LogP contribution is 2.38. The van der Waals surface area contributed by atoms with Crippen LogP contribution in [0.4, 0.5) is 0 Å². The summed E-state index contributed by atoms with van der Waals surface area (Å²) in [5.41, 5.74) is 15.0. The van der Waals surface area contributed by atoms with E-state index in [1.807, 2.05) is 0 Å². The maximum absolute atomic E-state index is 4.99. The van der Waals surface area contributed by atoms with Crippen molar-refractivity contribution >= 4 is 21.5 Å². The largest absolute Gasteiger partial charge is 0.208 e. The molecule has 6 heteroatoms. The third-order valence-corrected chi connectivity index (χ3v) is 12.3. The van der Waals surface area contributed by atoms with Gasteiger partial charge in [0.25, 0.3) is 0 Å². The first kappa shape index (κ1) is 40.3. The molecular weight excluding hydrogens is 805 g/mol. The van der Waals surface area contributed by atoms with Gasteiger partial charge in [-0.25, -0.2) is 29.9 Å². The van der Waals surface area contributed by atoms with E-state index in [4.69, 9.17) is 29.9 Å². The summed E-state index contributed by atoms with van der Waals surface area (Å²) in [5.74, 6) is 3.88. The number of benzene rings is 9. The molecule has 0 unspecified atom stereocenters. The minimum Gasteiger partial charge on any atom is -0.208 e. The predicted molar refractivity (Wildman–Crippen MR) is 271 cm³/mol. The summed E-state index contributed by atoms with van der Waals surface area (Å²) in [6.45, 7) is 8.34. The molecule has 11 rings (SSSR count). The van der Waals surface area contributed by atoms with Gasteiger partial charge in [0.15, 0.2) is 34.9 Å². The molecule has 6 nitrogen and oxygen atoms in total. The number of nitrogens with zero attached hydrogens (tertiary/aromatic N) is 6. The summed E-state index contributed by atoms with van der Waals surface area (Å²) < 4.78 is 0. The molecule has 0 spiro atoms. The normalized spacial score (nSPS) is 11.3. The number of rotatable bonds is 8. The van der Waals surface area contributed by atoms with Crippen molar-refractivity contribution < 1.29 is 0 Å². The molecule has 0 saturated carbocycles. The van der Waals surface area contributed by atoms with Crippen LogP contribution < -0.4 is 0 Å². The van der Waals surface area contributed by atoms with Crippen LogP contribution in [0.25, 0.3) is 112 Å². The lowest BCUT2D eigenvalue weighted by atomic mass is 9.91. The third-order valence-electron chi connectivity index (χ3n) is 12.3. The van der Waals surface area contributed by atoms with Crippen LogP contribution in [0.1, 0.15) is 22.3 Å². The number of hydrogen-bond acceptors (Lipinski definition) is 6. The molecule has 2 heterocycles. The molecule has 0 radical (unpaired) electrons. The molecule has 0 amide bonds. The second kappa shape index (κ2) is 16.9. The van der Waals surface area contributed by atoms with Gasteiger partial charge in [-0.3, -0.25) is 0 Å². The van der Waals surface area contributed by atoms with Gasteiger partial charge < -0.3 is 0 Å². The molecule has 314 valence electrons. The average molecular weight is 849 g/mol. The molecule has 0 aliphatic carbocycles. The van der Waals surface area contributed by atoms with Gasteiger partial charge in [-0.05, 0) is 71.5 Å². The van der Waals surface area contributed by atoms with Crippen molar-refractivity contribution in [1.82, 2.24) is 29.9 Å². The van der Waals surface area contributed by atoms with Crippen molar-refractivity contribution in [1.29, 1.82) is 0 Å². The fourth-order valence-electron chi connectivity index (χ4n) is 8.56. The molecule has 0 N–H and O–H groups in total. The van der Waals surface area contributed by atoms with E-state index in [1.54, 1.807) is 0 Å². The average Bonchev–Trinajstić information content (AvgIpc) is 3.36. The Labute approximate surface area is 384 Å². The highest BCUT2D eigenvalue weighted by Gasteiger charge is 2.16. The summed E-state index contributed by atoms with van der Waals surface area (Å²) in [6.07, 6.45) is 0. The molecule has 66 heavy (non-hydrogen) atoms. The fraction of sp³-hybridized carbons (Fsp3) is 0.0667. The summed E-state index contributed by atoms with van der Waals surface area (Å²) in [6, 6.07) is 68.2. The lowest BCUT2D eigenvalue weighted by molar-refractivity contribution is 1.07. The number of fused-ring (bicyclic) bond motifs is 3. The van der Waals surface area contributed by atoms with E-state index in [0.717, 1.165) is 44.5 Å². The zero-order valence-electron chi connectivity index (χ0n) is 37.2. The lowest BCUT2D eigenvalue weighted by Crippen LogP contribution is -2.00. The van der Waals surface area contributed by atoms with Gasteiger partial charge in [-0.2, -0.15) is 0 Å². The number of aryl methyl sites for hydroxylation is 4. The maximum atomic E-state index is 4.99. The Kier molecular flexibility index (Phi) is 10.3. The van der Waals surface area contributed by atoms with Gasteiger partial charge in [-0.1, -0.05) is 216 Å². The summed E-state index contributed by atoms with van der Waals surface area (Å²) in [5, 5.41) is 4.79. The van der Waals surface area contributed by atoms with Crippen molar-refractivity contribution in [2.24, 2.45) is 0 Å². The second-order valence-corrected chi connectivity index (χ2v) is 17.1. The molecular formula is C60H44N6. The first-order valence-electron chi connectivity index (χ1n) is 22.3. The van der Waals surface area contributed by atoms with Crippen molar-refractivity contribution in [2.45, 2.75) is 27.7 Å². The molecule has 2 aromatic heterocycles. The third kappa shape index (κ3) is 7.90. The van der Waals surface area contributed by atoms with Crippen molar-refractivity contribution in [3.63, 3.8) is 0 Å². The standard InChI is InChI=1S/C60H44N6/c1-37-11-19-43(20-12-37)55-61-56(44-21-13-38(2)14-22-44)64-59(63-55)47-31-27-41(28-32-47)49-7-5-9-51-52-10-6-8-50(54(52)36-35-53(49)51)42-29-33-48(34-30-42)60-65-57(45-23-15-39(3)16-24-45)62-58(66-60)46-25-17-40(4)18-26-46/h5-36H,1-4H3. The van der Waals surface area contributed by atoms with Gasteiger partial charge in [0, 0.05) is 33.4 Å². The fourth-order valence-corrected chi connectivity index (χ4v) is 8.56.